The predicted molar refractivity (Wildman–Crippen MR) is 81.6 cm³/mol. The molecule has 4 nitrogen and oxygen atoms in total. The largest absolute Gasteiger partial charge is 0.382 e. The number of hydrogen-bond acceptors (Lipinski definition) is 2. The summed E-state index contributed by atoms with van der Waals surface area (Å²) in [5.41, 5.74) is 0. The second-order valence-corrected chi connectivity index (χ2v) is 5.57. The van der Waals surface area contributed by atoms with Crippen LogP contribution in [0.5, 0.6) is 0 Å². The lowest BCUT2D eigenvalue weighted by atomic mass is 9.82. The summed E-state index contributed by atoms with van der Waals surface area (Å²) in [7, 11) is 1.83. The molecule has 0 spiro atoms. The normalized spacial score (nSPS) is 24.3. The zero-order valence-electron chi connectivity index (χ0n) is 12.9. The average molecular weight is 269 g/mol. The minimum Gasteiger partial charge on any atom is -0.382 e. The lowest BCUT2D eigenvalue weighted by Crippen LogP contribution is -2.41. The Kier molecular flexibility index (Phi) is 8.63. The zero-order valence-corrected chi connectivity index (χ0v) is 12.9. The highest BCUT2D eigenvalue weighted by molar-refractivity contribution is 5.79. The molecule has 4 heteroatoms. The third-order valence-corrected chi connectivity index (χ3v) is 3.79. The summed E-state index contributed by atoms with van der Waals surface area (Å²) >= 11 is 0. The first-order chi connectivity index (χ1) is 9.26. The number of aliphatic imine (C=N–C) groups is 1. The molecule has 1 aliphatic carbocycles. The number of nitrogens with one attached hydrogen (secondary N) is 2. The number of ether oxygens (including phenoxy) is 1. The van der Waals surface area contributed by atoms with Gasteiger partial charge in [-0.25, -0.2) is 0 Å². The Morgan fingerprint density at radius 3 is 2.84 bits per heavy atom. The Labute approximate surface area is 118 Å². The molecule has 0 aliphatic heterocycles. The number of rotatable bonds is 7. The summed E-state index contributed by atoms with van der Waals surface area (Å²) in [6.07, 6.45) is 6.52. The van der Waals surface area contributed by atoms with Gasteiger partial charge in [0.1, 0.15) is 0 Å². The lowest BCUT2D eigenvalue weighted by Gasteiger charge is -2.27. The smallest absolute Gasteiger partial charge is 0.190 e. The standard InChI is InChI=1S/C15H31N3O/c1-4-19-10-6-9-17-15(16-3)18-12-14-8-5-7-13(2)11-14/h13-14H,4-12H2,1-3H3,(H2,16,17,18). The SMILES string of the molecule is CCOCCCNC(=NC)NCC1CCCC(C)C1. The maximum absolute atomic E-state index is 5.32. The fraction of sp³-hybridized carbons (Fsp3) is 0.933. The van der Waals surface area contributed by atoms with Crippen LogP contribution in [-0.4, -0.2) is 39.3 Å². The van der Waals surface area contributed by atoms with E-state index in [0.29, 0.717) is 0 Å². The molecule has 1 fully saturated rings. The molecule has 0 amide bonds. The molecule has 2 N–H and O–H groups in total. The Balaban J connectivity index is 2.11. The molecule has 1 saturated carbocycles. The second-order valence-electron chi connectivity index (χ2n) is 5.57. The molecular formula is C15H31N3O. The first-order valence-corrected chi connectivity index (χ1v) is 7.78. The van der Waals surface area contributed by atoms with E-state index < -0.39 is 0 Å². The third kappa shape index (κ3) is 7.41. The molecular weight excluding hydrogens is 238 g/mol. The molecule has 2 atom stereocenters. The topological polar surface area (TPSA) is 45.6 Å². The lowest BCUT2D eigenvalue weighted by molar-refractivity contribution is 0.145. The molecule has 1 aliphatic rings. The van der Waals surface area contributed by atoms with Crippen molar-refractivity contribution in [3.05, 3.63) is 0 Å². The van der Waals surface area contributed by atoms with Gasteiger partial charge in [0.05, 0.1) is 0 Å². The van der Waals surface area contributed by atoms with Gasteiger partial charge in [-0.15, -0.1) is 0 Å². The van der Waals surface area contributed by atoms with Gasteiger partial charge in [-0.1, -0.05) is 19.8 Å². The van der Waals surface area contributed by atoms with Gasteiger partial charge in [-0.3, -0.25) is 4.99 Å². The van der Waals surface area contributed by atoms with Crippen molar-refractivity contribution in [2.45, 2.75) is 46.0 Å². The molecule has 0 heterocycles. The van der Waals surface area contributed by atoms with E-state index in [2.05, 4.69) is 22.5 Å². The van der Waals surface area contributed by atoms with Crippen molar-refractivity contribution in [2.75, 3.05) is 33.4 Å². The molecule has 0 bridgehead atoms. The fourth-order valence-corrected chi connectivity index (χ4v) is 2.73. The quantitative estimate of drug-likeness (QED) is 0.424. The van der Waals surface area contributed by atoms with Crippen molar-refractivity contribution in [2.24, 2.45) is 16.8 Å². The van der Waals surface area contributed by atoms with Gasteiger partial charge in [-0.2, -0.15) is 0 Å². The summed E-state index contributed by atoms with van der Waals surface area (Å²) in [5, 5.41) is 6.79. The predicted octanol–water partition coefficient (Wildman–Crippen LogP) is 2.40. The van der Waals surface area contributed by atoms with Gasteiger partial charge in [0.25, 0.3) is 0 Å². The third-order valence-electron chi connectivity index (χ3n) is 3.79. The van der Waals surface area contributed by atoms with E-state index >= 15 is 0 Å². The minimum atomic E-state index is 0.798. The number of nitrogens with zero attached hydrogens (tertiary/aromatic N) is 1. The zero-order chi connectivity index (χ0) is 13.9. The highest BCUT2D eigenvalue weighted by atomic mass is 16.5. The molecule has 0 aromatic carbocycles. The maximum atomic E-state index is 5.32. The van der Waals surface area contributed by atoms with E-state index in [9.17, 15) is 0 Å². The van der Waals surface area contributed by atoms with Crippen LogP contribution in [0.1, 0.15) is 46.0 Å². The minimum absolute atomic E-state index is 0.798. The summed E-state index contributed by atoms with van der Waals surface area (Å²) in [4.78, 5) is 4.26. The van der Waals surface area contributed by atoms with Gasteiger partial charge in [-0.05, 0) is 38.0 Å². The van der Waals surface area contributed by atoms with Gasteiger partial charge in [0.15, 0.2) is 5.96 Å². The van der Waals surface area contributed by atoms with Crippen LogP contribution in [0, 0.1) is 11.8 Å². The van der Waals surface area contributed by atoms with E-state index in [4.69, 9.17) is 4.74 Å². The van der Waals surface area contributed by atoms with Crippen molar-refractivity contribution in [1.29, 1.82) is 0 Å². The summed E-state index contributed by atoms with van der Waals surface area (Å²) in [6.45, 7) is 7.98. The average Bonchev–Trinajstić information content (AvgIpc) is 2.42. The van der Waals surface area contributed by atoms with Crippen LogP contribution >= 0.6 is 0 Å². The molecule has 19 heavy (non-hydrogen) atoms. The first kappa shape index (κ1) is 16.3. The fourth-order valence-electron chi connectivity index (χ4n) is 2.73. The summed E-state index contributed by atoms with van der Waals surface area (Å²) < 4.78 is 5.32. The summed E-state index contributed by atoms with van der Waals surface area (Å²) in [6, 6.07) is 0. The van der Waals surface area contributed by atoms with Crippen LogP contribution in [-0.2, 0) is 4.74 Å². The van der Waals surface area contributed by atoms with Gasteiger partial charge >= 0.3 is 0 Å². The molecule has 0 aromatic rings. The van der Waals surface area contributed by atoms with E-state index in [1.54, 1.807) is 0 Å². The van der Waals surface area contributed by atoms with Crippen molar-refractivity contribution in [3.8, 4) is 0 Å². The Hall–Kier alpha value is -0.770. The van der Waals surface area contributed by atoms with Crippen molar-refractivity contribution in [3.63, 3.8) is 0 Å². The van der Waals surface area contributed by atoms with E-state index in [1.165, 1.54) is 25.7 Å². The van der Waals surface area contributed by atoms with Crippen molar-refractivity contribution >= 4 is 5.96 Å². The van der Waals surface area contributed by atoms with Crippen LogP contribution in [0.15, 0.2) is 4.99 Å². The van der Waals surface area contributed by atoms with Crippen LogP contribution < -0.4 is 10.6 Å². The molecule has 1 rings (SSSR count). The van der Waals surface area contributed by atoms with Gasteiger partial charge in [0, 0.05) is 33.4 Å². The molecule has 0 aromatic heterocycles. The second kappa shape index (κ2) is 10.1. The van der Waals surface area contributed by atoms with Crippen LogP contribution in [0.4, 0.5) is 0 Å². The molecule has 0 radical (unpaired) electrons. The van der Waals surface area contributed by atoms with Crippen molar-refractivity contribution in [1.82, 2.24) is 10.6 Å². The van der Waals surface area contributed by atoms with E-state index in [1.807, 2.05) is 14.0 Å². The van der Waals surface area contributed by atoms with Crippen molar-refractivity contribution < 1.29 is 4.74 Å². The van der Waals surface area contributed by atoms with Crippen LogP contribution in [0.25, 0.3) is 0 Å². The summed E-state index contributed by atoms with van der Waals surface area (Å²) in [5.74, 6) is 2.63. The Morgan fingerprint density at radius 2 is 2.16 bits per heavy atom. The van der Waals surface area contributed by atoms with E-state index in [0.717, 1.165) is 50.5 Å². The Morgan fingerprint density at radius 1 is 1.32 bits per heavy atom. The first-order valence-electron chi connectivity index (χ1n) is 7.78. The molecule has 112 valence electrons. The highest BCUT2D eigenvalue weighted by Crippen LogP contribution is 2.27. The number of hydrogen-bond donors (Lipinski definition) is 2. The Bertz CT molecular complexity index is 256. The van der Waals surface area contributed by atoms with Gasteiger partial charge < -0.3 is 15.4 Å². The monoisotopic (exact) mass is 269 g/mol. The van der Waals surface area contributed by atoms with Crippen LogP contribution in [0.3, 0.4) is 0 Å². The van der Waals surface area contributed by atoms with Gasteiger partial charge in [0.2, 0.25) is 0 Å². The highest BCUT2D eigenvalue weighted by Gasteiger charge is 2.18. The maximum Gasteiger partial charge on any atom is 0.190 e. The number of guanidine groups is 1. The van der Waals surface area contributed by atoms with Crippen LogP contribution in [0.2, 0.25) is 0 Å². The molecule has 0 saturated heterocycles. The molecule has 2 unspecified atom stereocenters. The van der Waals surface area contributed by atoms with E-state index in [-0.39, 0.29) is 0 Å².